The molecular weight excluding hydrogens is 328 g/mol. The highest BCUT2D eigenvalue weighted by Crippen LogP contribution is 2.31. The van der Waals surface area contributed by atoms with Crippen LogP contribution in [0.2, 0.25) is 5.02 Å². The maximum atomic E-state index is 12.5. The van der Waals surface area contributed by atoms with Gasteiger partial charge in [-0.15, -0.1) is 0 Å². The minimum Gasteiger partial charge on any atom is -0.497 e. The average molecular weight is 345 g/mol. The molecule has 2 aromatic rings. The number of amides is 2. The van der Waals surface area contributed by atoms with Crippen LogP contribution < -0.4 is 15.0 Å². The van der Waals surface area contributed by atoms with Crippen LogP contribution in [0, 0.1) is 5.92 Å². The number of nitrogens with one attached hydrogen (secondary N) is 1. The van der Waals surface area contributed by atoms with Gasteiger partial charge in [-0.1, -0.05) is 29.8 Å². The van der Waals surface area contributed by atoms with E-state index in [2.05, 4.69) is 5.32 Å². The van der Waals surface area contributed by atoms with Gasteiger partial charge in [0.1, 0.15) is 5.75 Å². The molecule has 1 fully saturated rings. The van der Waals surface area contributed by atoms with E-state index in [4.69, 9.17) is 16.3 Å². The number of anilines is 2. The van der Waals surface area contributed by atoms with Gasteiger partial charge in [-0.3, -0.25) is 9.59 Å². The van der Waals surface area contributed by atoms with E-state index in [-0.39, 0.29) is 18.2 Å². The van der Waals surface area contributed by atoms with Gasteiger partial charge in [0.25, 0.3) is 0 Å². The largest absolute Gasteiger partial charge is 0.497 e. The highest BCUT2D eigenvalue weighted by Gasteiger charge is 2.35. The Morgan fingerprint density at radius 2 is 2.04 bits per heavy atom. The van der Waals surface area contributed by atoms with Crippen molar-refractivity contribution in [3.8, 4) is 5.75 Å². The number of benzene rings is 2. The van der Waals surface area contributed by atoms with Crippen molar-refractivity contribution in [3.05, 3.63) is 53.6 Å². The smallest absolute Gasteiger partial charge is 0.229 e. The summed E-state index contributed by atoms with van der Waals surface area (Å²) >= 11 is 6.15. The summed E-state index contributed by atoms with van der Waals surface area (Å²) in [5, 5.41) is 3.33. The molecule has 0 bridgehead atoms. The third kappa shape index (κ3) is 3.36. The first-order valence-corrected chi connectivity index (χ1v) is 7.96. The van der Waals surface area contributed by atoms with Gasteiger partial charge in [-0.25, -0.2) is 0 Å². The number of carbonyl (C=O) groups is 2. The number of methoxy groups -OCH3 is 1. The van der Waals surface area contributed by atoms with Crippen molar-refractivity contribution in [2.45, 2.75) is 6.42 Å². The summed E-state index contributed by atoms with van der Waals surface area (Å²) in [7, 11) is 1.57. The number of para-hydroxylation sites is 1. The molecule has 2 amide bonds. The Hall–Kier alpha value is -2.53. The van der Waals surface area contributed by atoms with E-state index in [0.717, 1.165) is 0 Å². The Morgan fingerprint density at radius 3 is 2.79 bits per heavy atom. The van der Waals surface area contributed by atoms with Crippen molar-refractivity contribution in [2.75, 3.05) is 23.9 Å². The molecule has 0 aliphatic carbocycles. The van der Waals surface area contributed by atoms with Crippen molar-refractivity contribution in [1.29, 1.82) is 0 Å². The summed E-state index contributed by atoms with van der Waals surface area (Å²) in [6.45, 7) is 0.318. The number of hydrogen-bond acceptors (Lipinski definition) is 3. The summed E-state index contributed by atoms with van der Waals surface area (Å²) in [5.74, 6) is -0.0481. The van der Waals surface area contributed by atoms with Crippen LogP contribution in [0.5, 0.6) is 5.75 Å². The van der Waals surface area contributed by atoms with E-state index >= 15 is 0 Å². The molecule has 6 heteroatoms. The van der Waals surface area contributed by atoms with Crippen LogP contribution in [0.4, 0.5) is 11.4 Å². The molecule has 0 unspecified atom stereocenters. The van der Waals surface area contributed by atoms with Gasteiger partial charge >= 0.3 is 0 Å². The lowest BCUT2D eigenvalue weighted by atomic mass is 10.1. The van der Waals surface area contributed by atoms with Crippen LogP contribution in [0.3, 0.4) is 0 Å². The lowest BCUT2D eigenvalue weighted by Gasteiger charge is -2.18. The first-order chi connectivity index (χ1) is 11.6. The molecule has 1 aliphatic heterocycles. The standard InChI is InChI=1S/C18H17ClN2O3/c1-24-14-6-4-5-13(10-14)20-18(23)12-9-17(22)21(11-12)16-8-3-2-7-15(16)19/h2-8,10,12H,9,11H2,1H3,(H,20,23)/t12-/m0/s1. The predicted octanol–water partition coefficient (Wildman–Crippen LogP) is 3.34. The van der Waals surface area contributed by atoms with E-state index in [1.807, 2.05) is 6.07 Å². The summed E-state index contributed by atoms with van der Waals surface area (Å²) in [6.07, 6.45) is 0.168. The molecule has 0 saturated carbocycles. The monoisotopic (exact) mass is 344 g/mol. The van der Waals surface area contributed by atoms with Crippen LogP contribution in [0.25, 0.3) is 0 Å². The highest BCUT2D eigenvalue weighted by atomic mass is 35.5. The summed E-state index contributed by atoms with van der Waals surface area (Å²) in [6, 6.07) is 14.2. The average Bonchev–Trinajstić information content (AvgIpc) is 2.97. The number of carbonyl (C=O) groups excluding carboxylic acids is 2. The van der Waals surface area contributed by atoms with E-state index in [0.29, 0.717) is 28.7 Å². The van der Waals surface area contributed by atoms with Gasteiger partial charge in [-0.2, -0.15) is 0 Å². The number of ether oxygens (including phenoxy) is 1. The van der Waals surface area contributed by atoms with E-state index in [1.54, 1.807) is 54.5 Å². The fourth-order valence-electron chi connectivity index (χ4n) is 2.73. The lowest BCUT2D eigenvalue weighted by Crippen LogP contribution is -2.28. The maximum Gasteiger partial charge on any atom is 0.229 e. The van der Waals surface area contributed by atoms with Crippen LogP contribution >= 0.6 is 11.6 Å². The minimum absolute atomic E-state index is 0.103. The molecule has 1 atom stereocenters. The molecule has 5 nitrogen and oxygen atoms in total. The number of halogens is 1. The van der Waals surface area contributed by atoms with E-state index in [9.17, 15) is 9.59 Å². The lowest BCUT2D eigenvalue weighted by molar-refractivity contribution is -0.122. The Bertz CT molecular complexity index is 778. The van der Waals surface area contributed by atoms with Crippen LogP contribution in [-0.2, 0) is 9.59 Å². The topological polar surface area (TPSA) is 58.6 Å². The van der Waals surface area contributed by atoms with Gasteiger partial charge in [0, 0.05) is 24.7 Å². The molecule has 0 aromatic heterocycles. The van der Waals surface area contributed by atoms with Crippen molar-refractivity contribution >= 4 is 34.8 Å². The summed E-state index contributed by atoms with van der Waals surface area (Å²) in [5.41, 5.74) is 1.28. The number of hydrogen-bond donors (Lipinski definition) is 1. The van der Waals surface area contributed by atoms with Gasteiger partial charge in [0.15, 0.2) is 0 Å². The molecule has 0 spiro atoms. The molecule has 0 radical (unpaired) electrons. The zero-order valence-electron chi connectivity index (χ0n) is 13.2. The molecule has 1 N–H and O–H groups in total. The second kappa shape index (κ2) is 6.93. The minimum atomic E-state index is -0.417. The SMILES string of the molecule is COc1cccc(NC(=O)[C@H]2CC(=O)N(c3ccccc3Cl)C2)c1. The van der Waals surface area contributed by atoms with Gasteiger partial charge < -0.3 is 15.0 Å². The van der Waals surface area contributed by atoms with E-state index < -0.39 is 5.92 Å². The zero-order valence-corrected chi connectivity index (χ0v) is 13.9. The Kier molecular flexibility index (Phi) is 4.71. The number of nitrogens with zero attached hydrogens (tertiary/aromatic N) is 1. The molecule has 2 aromatic carbocycles. The maximum absolute atomic E-state index is 12.5. The van der Waals surface area contributed by atoms with Crippen LogP contribution in [0.15, 0.2) is 48.5 Å². The first kappa shape index (κ1) is 16.3. The Morgan fingerprint density at radius 1 is 1.25 bits per heavy atom. The number of rotatable bonds is 4. The van der Waals surface area contributed by atoms with Crippen molar-refractivity contribution in [3.63, 3.8) is 0 Å². The van der Waals surface area contributed by atoms with Crippen molar-refractivity contribution in [1.82, 2.24) is 0 Å². The molecule has 124 valence electrons. The Balaban J connectivity index is 1.71. The first-order valence-electron chi connectivity index (χ1n) is 7.58. The second-order valence-electron chi connectivity index (χ2n) is 5.58. The Labute approximate surface area is 145 Å². The molecule has 1 saturated heterocycles. The quantitative estimate of drug-likeness (QED) is 0.925. The summed E-state index contributed by atoms with van der Waals surface area (Å²) < 4.78 is 5.14. The fourth-order valence-corrected chi connectivity index (χ4v) is 2.97. The van der Waals surface area contributed by atoms with E-state index in [1.165, 1.54) is 0 Å². The van der Waals surface area contributed by atoms with Crippen LogP contribution in [0.1, 0.15) is 6.42 Å². The molecule has 1 heterocycles. The molecule has 1 aliphatic rings. The highest BCUT2D eigenvalue weighted by molar-refractivity contribution is 6.33. The fraction of sp³-hybridized carbons (Fsp3) is 0.222. The third-order valence-electron chi connectivity index (χ3n) is 3.98. The molecule has 24 heavy (non-hydrogen) atoms. The van der Waals surface area contributed by atoms with Crippen molar-refractivity contribution in [2.24, 2.45) is 5.92 Å². The molecular formula is C18H17ClN2O3. The zero-order chi connectivity index (χ0) is 17.1. The molecule has 3 rings (SSSR count). The van der Waals surface area contributed by atoms with Crippen LogP contribution in [-0.4, -0.2) is 25.5 Å². The van der Waals surface area contributed by atoms with Crippen molar-refractivity contribution < 1.29 is 14.3 Å². The second-order valence-corrected chi connectivity index (χ2v) is 5.99. The normalized spacial score (nSPS) is 17.0. The van der Waals surface area contributed by atoms with Gasteiger partial charge in [-0.05, 0) is 24.3 Å². The van der Waals surface area contributed by atoms with Gasteiger partial charge in [0.05, 0.1) is 23.7 Å². The predicted molar refractivity (Wildman–Crippen MR) is 93.5 cm³/mol. The summed E-state index contributed by atoms with van der Waals surface area (Å²) in [4.78, 5) is 26.3. The third-order valence-corrected chi connectivity index (χ3v) is 4.30. The van der Waals surface area contributed by atoms with Gasteiger partial charge in [0.2, 0.25) is 11.8 Å².